The molecule has 1 N–H and O–H groups in total. The maximum atomic E-state index is 12.5. The Balaban J connectivity index is 3.01. The van der Waals surface area contributed by atoms with Crippen molar-refractivity contribution in [3.05, 3.63) is 29.8 Å². The van der Waals surface area contributed by atoms with Gasteiger partial charge in [-0.25, -0.2) is 8.42 Å². The van der Waals surface area contributed by atoms with Gasteiger partial charge in [-0.05, 0) is 38.9 Å². The topological polar surface area (TPSA) is 46.2 Å². The zero-order valence-corrected chi connectivity index (χ0v) is 12.4. The fourth-order valence-electron chi connectivity index (χ4n) is 2.06. The molecular weight excluding hydrogens is 246 g/mol. The fourth-order valence-corrected chi connectivity index (χ4v) is 3.73. The van der Waals surface area contributed by atoms with Gasteiger partial charge in [-0.2, -0.15) is 0 Å². The second kappa shape index (κ2) is 6.34. The van der Waals surface area contributed by atoms with Gasteiger partial charge in [0, 0.05) is 6.04 Å². The van der Waals surface area contributed by atoms with E-state index in [0.717, 1.165) is 18.5 Å². The molecule has 0 aromatic heterocycles. The highest BCUT2D eigenvalue weighted by molar-refractivity contribution is 7.92. The van der Waals surface area contributed by atoms with Gasteiger partial charge < -0.3 is 5.32 Å². The molecule has 102 valence electrons. The SMILES string of the molecule is CCNC(CC)C(C)S(=O)(=O)c1ccc(C)cc1. The first kappa shape index (κ1) is 15.2. The van der Waals surface area contributed by atoms with Gasteiger partial charge in [0.2, 0.25) is 0 Å². The summed E-state index contributed by atoms with van der Waals surface area (Å²) in [4.78, 5) is 0.414. The van der Waals surface area contributed by atoms with E-state index >= 15 is 0 Å². The normalized spacial score (nSPS) is 15.3. The Kier molecular flexibility index (Phi) is 5.35. The van der Waals surface area contributed by atoms with Crippen LogP contribution in [-0.4, -0.2) is 26.3 Å². The maximum absolute atomic E-state index is 12.5. The minimum Gasteiger partial charge on any atom is -0.313 e. The molecular formula is C14H23NO2S. The molecule has 2 unspecified atom stereocenters. The molecule has 0 aliphatic carbocycles. The van der Waals surface area contributed by atoms with E-state index < -0.39 is 15.1 Å². The Bertz CT molecular complexity index is 465. The lowest BCUT2D eigenvalue weighted by Gasteiger charge is -2.23. The zero-order valence-electron chi connectivity index (χ0n) is 11.6. The van der Waals surface area contributed by atoms with Crippen molar-refractivity contribution in [3.8, 4) is 0 Å². The van der Waals surface area contributed by atoms with Gasteiger partial charge in [-0.15, -0.1) is 0 Å². The van der Waals surface area contributed by atoms with Gasteiger partial charge in [0.1, 0.15) is 0 Å². The van der Waals surface area contributed by atoms with Crippen LogP contribution in [0.1, 0.15) is 32.8 Å². The maximum Gasteiger partial charge on any atom is 0.182 e. The molecule has 0 saturated heterocycles. The van der Waals surface area contributed by atoms with Gasteiger partial charge in [-0.1, -0.05) is 31.5 Å². The number of nitrogens with one attached hydrogen (secondary N) is 1. The molecule has 0 amide bonds. The summed E-state index contributed by atoms with van der Waals surface area (Å²) in [7, 11) is -3.25. The number of hydrogen-bond donors (Lipinski definition) is 1. The van der Waals surface area contributed by atoms with Gasteiger partial charge in [-0.3, -0.25) is 0 Å². The first-order chi connectivity index (χ1) is 8.43. The number of sulfone groups is 1. The van der Waals surface area contributed by atoms with Crippen LogP contribution in [0.5, 0.6) is 0 Å². The van der Waals surface area contributed by atoms with E-state index in [1.165, 1.54) is 0 Å². The highest BCUT2D eigenvalue weighted by Gasteiger charge is 2.29. The van der Waals surface area contributed by atoms with Gasteiger partial charge >= 0.3 is 0 Å². The smallest absolute Gasteiger partial charge is 0.182 e. The van der Waals surface area contributed by atoms with E-state index in [0.29, 0.717) is 4.90 Å². The van der Waals surface area contributed by atoms with E-state index in [9.17, 15) is 8.42 Å². The van der Waals surface area contributed by atoms with Crippen LogP contribution in [0.3, 0.4) is 0 Å². The molecule has 0 aliphatic rings. The van der Waals surface area contributed by atoms with Crippen LogP contribution < -0.4 is 5.32 Å². The first-order valence-corrected chi connectivity index (χ1v) is 8.02. The minimum absolute atomic E-state index is 0.00121. The van der Waals surface area contributed by atoms with Gasteiger partial charge in [0.05, 0.1) is 10.1 Å². The third-order valence-electron chi connectivity index (χ3n) is 3.31. The second-order valence-corrected chi connectivity index (χ2v) is 6.94. The van der Waals surface area contributed by atoms with E-state index in [-0.39, 0.29) is 6.04 Å². The van der Waals surface area contributed by atoms with Gasteiger partial charge in [0.15, 0.2) is 9.84 Å². The highest BCUT2D eigenvalue weighted by Crippen LogP contribution is 2.20. The Labute approximate surface area is 111 Å². The number of hydrogen-bond acceptors (Lipinski definition) is 3. The molecule has 18 heavy (non-hydrogen) atoms. The van der Waals surface area contributed by atoms with Crippen LogP contribution in [-0.2, 0) is 9.84 Å². The second-order valence-electron chi connectivity index (χ2n) is 4.64. The number of aryl methyl sites for hydroxylation is 1. The molecule has 1 aromatic rings. The van der Waals surface area contributed by atoms with Crippen molar-refractivity contribution < 1.29 is 8.42 Å². The van der Waals surface area contributed by atoms with Crippen molar-refractivity contribution >= 4 is 9.84 Å². The lowest BCUT2D eigenvalue weighted by molar-refractivity contribution is 0.483. The number of rotatable bonds is 6. The number of benzene rings is 1. The summed E-state index contributed by atoms with van der Waals surface area (Å²) >= 11 is 0. The molecule has 0 fully saturated rings. The molecule has 3 nitrogen and oxygen atoms in total. The summed E-state index contributed by atoms with van der Waals surface area (Å²) in [6, 6.07) is 7.07. The Morgan fingerprint density at radius 3 is 2.17 bits per heavy atom. The molecule has 1 aromatic carbocycles. The largest absolute Gasteiger partial charge is 0.313 e. The van der Waals surface area contributed by atoms with Crippen molar-refractivity contribution in [3.63, 3.8) is 0 Å². The fraction of sp³-hybridized carbons (Fsp3) is 0.571. The molecule has 0 heterocycles. The molecule has 2 atom stereocenters. The van der Waals surface area contributed by atoms with Crippen LogP contribution in [0.25, 0.3) is 0 Å². The average Bonchev–Trinajstić information content (AvgIpc) is 2.35. The predicted molar refractivity (Wildman–Crippen MR) is 75.6 cm³/mol. The Morgan fingerprint density at radius 1 is 1.17 bits per heavy atom. The molecule has 4 heteroatoms. The molecule has 0 saturated carbocycles. The van der Waals surface area contributed by atoms with Crippen LogP contribution in [0, 0.1) is 6.92 Å². The lowest BCUT2D eigenvalue weighted by atomic mass is 10.2. The van der Waals surface area contributed by atoms with Crippen molar-refractivity contribution in [2.24, 2.45) is 0 Å². The average molecular weight is 269 g/mol. The van der Waals surface area contributed by atoms with Crippen LogP contribution in [0.2, 0.25) is 0 Å². The molecule has 1 rings (SSSR count). The minimum atomic E-state index is -3.25. The standard InChI is InChI=1S/C14H23NO2S/c1-5-14(15-6-2)12(4)18(16,17)13-9-7-11(3)8-10-13/h7-10,12,14-15H,5-6H2,1-4H3. The first-order valence-electron chi connectivity index (χ1n) is 6.47. The molecule has 0 aliphatic heterocycles. The van der Waals surface area contributed by atoms with E-state index in [1.807, 2.05) is 32.9 Å². The summed E-state index contributed by atoms with van der Waals surface area (Å²) in [5, 5.41) is 2.83. The molecule has 0 spiro atoms. The molecule has 0 radical (unpaired) electrons. The summed E-state index contributed by atoms with van der Waals surface area (Å²) < 4.78 is 25.0. The summed E-state index contributed by atoms with van der Waals surface area (Å²) in [6.45, 7) is 8.52. The third-order valence-corrected chi connectivity index (χ3v) is 5.55. The summed E-state index contributed by atoms with van der Waals surface area (Å²) in [5.41, 5.74) is 1.07. The van der Waals surface area contributed by atoms with Crippen LogP contribution >= 0.6 is 0 Å². The van der Waals surface area contributed by atoms with Crippen molar-refractivity contribution in [1.29, 1.82) is 0 Å². The molecule has 0 bridgehead atoms. The van der Waals surface area contributed by atoms with Crippen molar-refractivity contribution in [2.45, 2.75) is 50.3 Å². The summed E-state index contributed by atoms with van der Waals surface area (Å²) in [6.07, 6.45) is 0.806. The Morgan fingerprint density at radius 2 is 1.72 bits per heavy atom. The predicted octanol–water partition coefficient (Wildman–Crippen LogP) is 2.55. The monoisotopic (exact) mass is 269 g/mol. The summed E-state index contributed by atoms with van der Waals surface area (Å²) in [5.74, 6) is 0. The van der Waals surface area contributed by atoms with E-state index in [4.69, 9.17) is 0 Å². The van der Waals surface area contributed by atoms with Crippen molar-refractivity contribution in [1.82, 2.24) is 5.32 Å². The van der Waals surface area contributed by atoms with Gasteiger partial charge in [0.25, 0.3) is 0 Å². The quantitative estimate of drug-likeness (QED) is 0.863. The van der Waals surface area contributed by atoms with Crippen LogP contribution in [0.15, 0.2) is 29.2 Å². The van der Waals surface area contributed by atoms with Crippen LogP contribution in [0.4, 0.5) is 0 Å². The van der Waals surface area contributed by atoms with E-state index in [2.05, 4.69) is 5.32 Å². The van der Waals surface area contributed by atoms with Crippen molar-refractivity contribution in [2.75, 3.05) is 6.54 Å². The third kappa shape index (κ3) is 3.33. The zero-order chi connectivity index (χ0) is 13.8. The lowest BCUT2D eigenvalue weighted by Crippen LogP contribution is -2.42. The highest BCUT2D eigenvalue weighted by atomic mass is 32.2. The van der Waals surface area contributed by atoms with E-state index in [1.54, 1.807) is 19.1 Å². The Hall–Kier alpha value is -0.870.